The second-order valence-corrected chi connectivity index (χ2v) is 5.64. The molecule has 0 saturated carbocycles. The molecule has 5 nitrogen and oxygen atoms in total. The Kier molecular flexibility index (Phi) is 2.01. The highest BCUT2D eigenvalue weighted by Crippen LogP contribution is 2.34. The molecule has 0 bridgehead atoms. The fourth-order valence-corrected chi connectivity index (χ4v) is 3.39. The third-order valence-electron chi connectivity index (χ3n) is 2.27. The number of thiazole rings is 1. The van der Waals surface area contributed by atoms with Crippen molar-refractivity contribution in [1.29, 1.82) is 0 Å². The highest BCUT2D eigenvalue weighted by atomic mass is 127. The SMILES string of the molecule is OC1CN(I)Cc2c1sc1cnnn21. The van der Waals surface area contributed by atoms with Crippen molar-refractivity contribution in [2.45, 2.75) is 12.6 Å². The molecule has 3 rings (SSSR count). The standard InChI is InChI=1S/C7H7IN4OS/c8-11-2-4-7(5(13)3-11)14-6-1-9-10-12(4)6/h1,5,13H,2-3H2. The highest BCUT2D eigenvalue weighted by Gasteiger charge is 2.27. The Bertz CT molecular complexity index is 481. The molecule has 0 spiro atoms. The zero-order chi connectivity index (χ0) is 9.71. The van der Waals surface area contributed by atoms with E-state index in [9.17, 15) is 5.11 Å². The van der Waals surface area contributed by atoms with E-state index >= 15 is 0 Å². The first-order chi connectivity index (χ1) is 6.75. The second-order valence-electron chi connectivity index (χ2n) is 3.22. The third-order valence-corrected chi connectivity index (χ3v) is 4.22. The van der Waals surface area contributed by atoms with E-state index < -0.39 is 0 Å². The van der Waals surface area contributed by atoms with E-state index in [0.717, 1.165) is 21.9 Å². The second kappa shape index (κ2) is 3.12. The summed E-state index contributed by atoms with van der Waals surface area (Å²) in [5.41, 5.74) is 1.07. The molecule has 1 aliphatic heterocycles. The van der Waals surface area contributed by atoms with Crippen molar-refractivity contribution in [2.75, 3.05) is 6.54 Å². The van der Waals surface area contributed by atoms with Gasteiger partial charge in [-0.05, 0) is 0 Å². The minimum absolute atomic E-state index is 0.387. The molecule has 74 valence electrons. The lowest BCUT2D eigenvalue weighted by molar-refractivity contribution is 0.145. The van der Waals surface area contributed by atoms with Crippen molar-refractivity contribution >= 4 is 39.0 Å². The number of halogens is 1. The maximum Gasteiger partial charge on any atom is 0.140 e. The van der Waals surface area contributed by atoms with Gasteiger partial charge in [-0.15, -0.1) is 16.4 Å². The van der Waals surface area contributed by atoms with Gasteiger partial charge in [-0.1, -0.05) is 5.21 Å². The monoisotopic (exact) mass is 322 g/mol. The van der Waals surface area contributed by atoms with Crippen LogP contribution in [0.1, 0.15) is 16.7 Å². The average molecular weight is 322 g/mol. The van der Waals surface area contributed by atoms with E-state index in [1.54, 1.807) is 17.5 Å². The number of aliphatic hydroxyl groups is 1. The lowest BCUT2D eigenvalue weighted by atomic mass is 10.2. The molecular weight excluding hydrogens is 315 g/mol. The summed E-state index contributed by atoms with van der Waals surface area (Å²) in [6, 6.07) is 0. The summed E-state index contributed by atoms with van der Waals surface area (Å²) in [7, 11) is 0. The summed E-state index contributed by atoms with van der Waals surface area (Å²) >= 11 is 3.79. The molecule has 0 aliphatic carbocycles. The normalized spacial score (nSPS) is 22.9. The fraction of sp³-hybridized carbons (Fsp3) is 0.429. The lowest BCUT2D eigenvalue weighted by Crippen LogP contribution is -2.26. The van der Waals surface area contributed by atoms with Crippen molar-refractivity contribution in [1.82, 2.24) is 17.9 Å². The Balaban J connectivity index is 2.25. The van der Waals surface area contributed by atoms with Crippen molar-refractivity contribution in [2.24, 2.45) is 0 Å². The van der Waals surface area contributed by atoms with Gasteiger partial charge in [0.1, 0.15) is 10.9 Å². The van der Waals surface area contributed by atoms with Crippen molar-refractivity contribution < 1.29 is 5.11 Å². The number of rotatable bonds is 0. The van der Waals surface area contributed by atoms with Crippen LogP contribution in [0.25, 0.3) is 4.83 Å². The predicted molar refractivity (Wildman–Crippen MR) is 60.3 cm³/mol. The van der Waals surface area contributed by atoms with E-state index in [2.05, 4.69) is 36.3 Å². The number of aliphatic hydroxyl groups excluding tert-OH is 1. The fourth-order valence-electron chi connectivity index (χ4n) is 1.66. The minimum Gasteiger partial charge on any atom is -0.386 e. The van der Waals surface area contributed by atoms with Gasteiger partial charge in [0.05, 0.1) is 23.3 Å². The Morgan fingerprint density at radius 1 is 1.64 bits per heavy atom. The van der Waals surface area contributed by atoms with Crippen molar-refractivity contribution in [3.63, 3.8) is 0 Å². The molecule has 0 amide bonds. The number of nitrogens with zero attached hydrogens (tertiary/aromatic N) is 4. The van der Waals surface area contributed by atoms with Crippen molar-refractivity contribution in [3.8, 4) is 0 Å². The minimum atomic E-state index is -0.387. The molecule has 1 aliphatic rings. The summed E-state index contributed by atoms with van der Waals surface area (Å²) in [4.78, 5) is 2.03. The van der Waals surface area contributed by atoms with Crippen LogP contribution in [0, 0.1) is 0 Å². The Hall–Kier alpha value is -0.250. The van der Waals surface area contributed by atoms with Gasteiger partial charge in [-0.2, -0.15) is 0 Å². The summed E-state index contributed by atoms with van der Waals surface area (Å²) in [6.07, 6.45) is 1.34. The first-order valence-corrected chi connectivity index (χ1v) is 5.94. The van der Waals surface area contributed by atoms with E-state index in [-0.39, 0.29) is 6.10 Å². The Morgan fingerprint density at radius 2 is 2.50 bits per heavy atom. The topological polar surface area (TPSA) is 53.7 Å². The molecule has 14 heavy (non-hydrogen) atoms. The van der Waals surface area contributed by atoms with Gasteiger partial charge in [0.25, 0.3) is 0 Å². The Labute approximate surface area is 97.8 Å². The van der Waals surface area contributed by atoms with Gasteiger partial charge in [0.2, 0.25) is 0 Å². The van der Waals surface area contributed by atoms with Crippen LogP contribution in [0.5, 0.6) is 0 Å². The van der Waals surface area contributed by atoms with Crippen LogP contribution in [0.4, 0.5) is 0 Å². The predicted octanol–water partition coefficient (Wildman–Crippen LogP) is 0.990. The van der Waals surface area contributed by atoms with Crippen LogP contribution in [0.15, 0.2) is 6.20 Å². The molecular formula is C7H7IN4OS. The van der Waals surface area contributed by atoms with Gasteiger partial charge in [0.15, 0.2) is 0 Å². The van der Waals surface area contributed by atoms with E-state index in [0.29, 0.717) is 6.54 Å². The smallest absolute Gasteiger partial charge is 0.140 e. The summed E-state index contributed by atoms with van der Waals surface area (Å²) in [5, 5.41) is 17.7. The molecule has 0 saturated heterocycles. The zero-order valence-electron chi connectivity index (χ0n) is 7.09. The van der Waals surface area contributed by atoms with Crippen LogP contribution in [0.2, 0.25) is 0 Å². The molecule has 0 fully saturated rings. The molecule has 1 atom stereocenters. The molecule has 7 heteroatoms. The Morgan fingerprint density at radius 3 is 3.36 bits per heavy atom. The van der Waals surface area contributed by atoms with Gasteiger partial charge >= 0.3 is 0 Å². The summed E-state index contributed by atoms with van der Waals surface area (Å²) < 4.78 is 3.87. The maximum absolute atomic E-state index is 9.85. The highest BCUT2D eigenvalue weighted by molar-refractivity contribution is 14.1. The molecule has 3 heterocycles. The van der Waals surface area contributed by atoms with Crippen LogP contribution >= 0.6 is 34.2 Å². The molecule has 1 N–H and O–H groups in total. The first-order valence-electron chi connectivity index (χ1n) is 4.16. The van der Waals surface area contributed by atoms with Gasteiger partial charge in [-0.25, -0.2) is 7.63 Å². The lowest BCUT2D eigenvalue weighted by Gasteiger charge is -2.23. The van der Waals surface area contributed by atoms with Gasteiger partial charge < -0.3 is 5.11 Å². The van der Waals surface area contributed by atoms with Crippen molar-refractivity contribution in [3.05, 3.63) is 16.8 Å². The summed E-state index contributed by atoms with van der Waals surface area (Å²) in [6.45, 7) is 1.50. The number of β-amino-alcohol motifs (C(OH)–C–C–N with tert-alkyl or cyclic N) is 1. The quantitative estimate of drug-likeness (QED) is 0.581. The molecule has 2 aromatic heterocycles. The third kappa shape index (κ3) is 1.19. The molecule has 0 aromatic carbocycles. The van der Waals surface area contributed by atoms with Gasteiger partial charge in [-0.3, -0.25) is 0 Å². The molecule has 1 unspecified atom stereocenters. The van der Waals surface area contributed by atoms with Gasteiger partial charge in [0, 0.05) is 29.4 Å². The number of hydrogen-bond acceptors (Lipinski definition) is 5. The van der Waals surface area contributed by atoms with Crippen LogP contribution in [0.3, 0.4) is 0 Å². The van der Waals surface area contributed by atoms with E-state index in [1.807, 2.05) is 4.52 Å². The number of fused-ring (bicyclic) bond motifs is 3. The van der Waals surface area contributed by atoms with E-state index in [1.165, 1.54) is 0 Å². The van der Waals surface area contributed by atoms with Crippen LogP contribution in [-0.4, -0.2) is 29.6 Å². The van der Waals surface area contributed by atoms with E-state index in [4.69, 9.17) is 0 Å². The van der Waals surface area contributed by atoms with Crippen LogP contribution in [-0.2, 0) is 6.54 Å². The number of hydrogen-bond donors (Lipinski definition) is 1. The molecule has 0 radical (unpaired) electrons. The molecule has 2 aromatic rings. The van der Waals surface area contributed by atoms with Crippen LogP contribution < -0.4 is 0 Å². The summed E-state index contributed by atoms with van der Waals surface area (Å²) in [5.74, 6) is 0. The largest absolute Gasteiger partial charge is 0.386 e. The number of aromatic nitrogens is 3. The zero-order valence-corrected chi connectivity index (χ0v) is 10.1. The first kappa shape index (κ1) is 9.01. The maximum atomic E-state index is 9.85. The average Bonchev–Trinajstić information content (AvgIpc) is 2.65.